The van der Waals surface area contributed by atoms with Crippen molar-refractivity contribution in [2.24, 2.45) is 5.73 Å². The van der Waals surface area contributed by atoms with Crippen LogP contribution in [0.3, 0.4) is 0 Å². The molecular weight excluding hydrogens is 284 g/mol. The Bertz CT molecular complexity index is 685. The van der Waals surface area contributed by atoms with Crippen molar-refractivity contribution < 1.29 is 19.4 Å². The van der Waals surface area contributed by atoms with Gasteiger partial charge in [-0.25, -0.2) is 0 Å². The molecule has 0 unspecified atom stereocenters. The molecule has 0 aliphatic carbocycles. The molecule has 6 heteroatoms. The SMILES string of the molecule is N[C@@H](CO)C(=O)Nc1ccc(-c2ccc3c(c2)OCO3)cc1. The topological polar surface area (TPSA) is 93.8 Å². The minimum atomic E-state index is -0.923. The summed E-state index contributed by atoms with van der Waals surface area (Å²) in [5.41, 5.74) is 8.06. The summed E-state index contributed by atoms with van der Waals surface area (Å²) < 4.78 is 10.6. The molecule has 22 heavy (non-hydrogen) atoms. The van der Waals surface area contributed by atoms with E-state index in [1.54, 1.807) is 12.1 Å². The predicted molar refractivity (Wildman–Crippen MR) is 81.7 cm³/mol. The van der Waals surface area contributed by atoms with Crippen molar-refractivity contribution >= 4 is 11.6 Å². The van der Waals surface area contributed by atoms with Gasteiger partial charge in [0.15, 0.2) is 11.5 Å². The number of benzene rings is 2. The molecule has 114 valence electrons. The molecule has 1 amide bonds. The Hall–Kier alpha value is -2.57. The van der Waals surface area contributed by atoms with Gasteiger partial charge in [-0.1, -0.05) is 18.2 Å². The van der Waals surface area contributed by atoms with Gasteiger partial charge in [-0.2, -0.15) is 0 Å². The van der Waals surface area contributed by atoms with E-state index in [2.05, 4.69) is 5.32 Å². The summed E-state index contributed by atoms with van der Waals surface area (Å²) in [6.45, 7) is -0.143. The molecule has 0 saturated carbocycles. The highest BCUT2D eigenvalue weighted by Gasteiger charge is 2.14. The third kappa shape index (κ3) is 2.88. The second kappa shape index (κ2) is 6.05. The number of amides is 1. The summed E-state index contributed by atoms with van der Waals surface area (Å²) in [7, 11) is 0. The minimum Gasteiger partial charge on any atom is -0.454 e. The van der Waals surface area contributed by atoms with E-state index < -0.39 is 11.9 Å². The van der Waals surface area contributed by atoms with Crippen LogP contribution in [-0.4, -0.2) is 30.5 Å². The Kier molecular flexibility index (Phi) is 3.95. The lowest BCUT2D eigenvalue weighted by atomic mass is 10.0. The number of hydrogen-bond donors (Lipinski definition) is 3. The summed E-state index contributed by atoms with van der Waals surface area (Å²) in [5.74, 6) is 1.05. The van der Waals surface area contributed by atoms with Gasteiger partial charge in [0.05, 0.1) is 6.61 Å². The molecule has 3 rings (SSSR count). The van der Waals surface area contributed by atoms with Crippen LogP contribution in [0.15, 0.2) is 42.5 Å². The summed E-state index contributed by atoms with van der Waals surface area (Å²) in [4.78, 5) is 11.6. The number of nitrogens with two attached hydrogens (primary N) is 1. The van der Waals surface area contributed by atoms with Gasteiger partial charge in [-0.3, -0.25) is 4.79 Å². The summed E-state index contributed by atoms with van der Waals surface area (Å²) in [5, 5.41) is 11.5. The lowest BCUT2D eigenvalue weighted by molar-refractivity contribution is -0.118. The van der Waals surface area contributed by atoms with Gasteiger partial charge < -0.3 is 25.6 Å². The molecular formula is C16H16N2O4. The number of hydrogen-bond acceptors (Lipinski definition) is 5. The predicted octanol–water partition coefficient (Wildman–Crippen LogP) is 1.34. The quantitative estimate of drug-likeness (QED) is 0.792. The summed E-state index contributed by atoms with van der Waals surface area (Å²) in [6, 6.07) is 12.1. The van der Waals surface area contributed by atoms with Gasteiger partial charge >= 0.3 is 0 Å². The number of rotatable bonds is 4. The number of carbonyl (C=O) groups is 1. The smallest absolute Gasteiger partial charge is 0.243 e. The van der Waals surface area contributed by atoms with Crippen LogP contribution in [0.2, 0.25) is 0 Å². The van der Waals surface area contributed by atoms with E-state index in [0.717, 1.165) is 22.6 Å². The standard InChI is InChI=1S/C16H16N2O4/c17-13(8-19)16(20)18-12-4-1-10(2-5-12)11-3-6-14-15(7-11)22-9-21-14/h1-7,13,19H,8-9,17H2,(H,18,20)/t13-/m0/s1. The fourth-order valence-corrected chi connectivity index (χ4v) is 2.14. The van der Waals surface area contributed by atoms with Gasteiger partial charge in [0.25, 0.3) is 0 Å². The fraction of sp³-hybridized carbons (Fsp3) is 0.188. The van der Waals surface area contributed by atoms with E-state index in [9.17, 15) is 4.79 Å². The average Bonchev–Trinajstić information content (AvgIpc) is 3.02. The number of aliphatic hydroxyl groups is 1. The normalized spacial score (nSPS) is 13.7. The van der Waals surface area contributed by atoms with E-state index >= 15 is 0 Å². The Labute approximate surface area is 127 Å². The van der Waals surface area contributed by atoms with Crippen molar-refractivity contribution in [2.45, 2.75) is 6.04 Å². The van der Waals surface area contributed by atoms with Crippen molar-refractivity contribution in [3.05, 3.63) is 42.5 Å². The maximum absolute atomic E-state index is 11.6. The molecule has 1 heterocycles. The van der Waals surface area contributed by atoms with Crippen LogP contribution >= 0.6 is 0 Å². The van der Waals surface area contributed by atoms with Crippen molar-refractivity contribution in [1.82, 2.24) is 0 Å². The van der Waals surface area contributed by atoms with Crippen molar-refractivity contribution in [2.75, 3.05) is 18.7 Å². The van der Waals surface area contributed by atoms with Crippen molar-refractivity contribution in [1.29, 1.82) is 0 Å². The molecule has 1 aliphatic heterocycles. The number of anilines is 1. The zero-order valence-electron chi connectivity index (χ0n) is 11.8. The number of nitrogens with one attached hydrogen (secondary N) is 1. The molecule has 2 aromatic carbocycles. The highest BCUT2D eigenvalue weighted by molar-refractivity contribution is 5.95. The first-order valence-corrected chi connectivity index (χ1v) is 6.85. The van der Waals surface area contributed by atoms with Gasteiger partial charge in [0, 0.05) is 5.69 Å². The second-order valence-corrected chi connectivity index (χ2v) is 4.92. The van der Waals surface area contributed by atoms with Crippen molar-refractivity contribution in [3.8, 4) is 22.6 Å². The molecule has 2 aromatic rings. The molecule has 6 nitrogen and oxygen atoms in total. The monoisotopic (exact) mass is 300 g/mol. The van der Waals surface area contributed by atoms with Crippen LogP contribution in [-0.2, 0) is 4.79 Å². The first-order chi connectivity index (χ1) is 10.7. The molecule has 0 spiro atoms. The van der Waals surface area contributed by atoms with Gasteiger partial charge in [-0.05, 0) is 35.4 Å². The first kappa shape index (κ1) is 14.4. The largest absolute Gasteiger partial charge is 0.454 e. The Morgan fingerprint density at radius 3 is 2.55 bits per heavy atom. The number of carbonyl (C=O) groups excluding carboxylic acids is 1. The molecule has 0 aromatic heterocycles. The number of fused-ring (bicyclic) bond motifs is 1. The highest BCUT2D eigenvalue weighted by atomic mass is 16.7. The van der Waals surface area contributed by atoms with Crippen LogP contribution in [0.4, 0.5) is 5.69 Å². The van der Waals surface area contributed by atoms with Crippen LogP contribution in [0, 0.1) is 0 Å². The van der Waals surface area contributed by atoms with E-state index in [1.165, 1.54) is 0 Å². The third-order valence-corrected chi connectivity index (χ3v) is 3.39. The summed E-state index contributed by atoms with van der Waals surface area (Å²) in [6.07, 6.45) is 0. The fourth-order valence-electron chi connectivity index (χ4n) is 2.14. The van der Waals surface area contributed by atoms with E-state index in [0.29, 0.717) is 5.69 Å². The molecule has 0 saturated heterocycles. The first-order valence-electron chi connectivity index (χ1n) is 6.85. The van der Waals surface area contributed by atoms with Gasteiger partial charge in [0.2, 0.25) is 12.7 Å². The maximum atomic E-state index is 11.6. The third-order valence-electron chi connectivity index (χ3n) is 3.39. The molecule has 1 atom stereocenters. The zero-order chi connectivity index (χ0) is 15.5. The van der Waals surface area contributed by atoms with E-state index in [4.69, 9.17) is 20.3 Å². The minimum absolute atomic E-state index is 0.245. The molecule has 4 N–H and O–H groups in total. The van der Waals surface area contributed by atoms with Gasteiger partial charge in [0.1, 0.15) is 6.04 Å². The summed E-state index contributed by atoms with van der Waals surface area (Å²) >= 11 is 0. The lowest BCUT2D eigenvalue weighted by Crippen LogP contribution is -2.38. The number of ether oxygens (including phenoxy) is 2. The Morgan fingerprint density at radius 1 is 1.14 bits per heavy atom. The molecule has 1 aliphatic rings. The van der Waals surface area contributed by atoms with Crippen LogP contribution in [0.1, 0.15) is 0 Å². The van der Waals surface area contributed by atoms with E-state index in [-0.39, 0.29) is 13.4 Å². The highest BCUT2D eigenvalue weighted by Crippen LogP contribution is 2.36. The second-order valence-electron chi connectivity index (χ2n) is 4.92. The van der Waals surface area contributed by atoms with Gasteiger partial charge in [-0.15, -0.1) is 0 Å². The lowest BCUT2D eigenvalue weighted by Gasteiger charge is -2.10. The van der Waals surface area contributed by atoms with Crippen LogP contribution < -0.4 is 20.5 Å². The maximum Gasteiger partial charge on any atom is 0.243 e. The Morgan fingerprint density at radius 2 is 1.82 bits per heavy atom. The zero-order valence-corrected chi connectivity index (χ0v) is 11.8. The van der Waals surface area contributed by atoms with Crippen LogP contribution in [0.25, 0.3) is 11.1 Å². The van der Waals surface area contributed by atoms with E-state index in [1.807, 2.05) is 30.3 Å². The Balaban J connectivity index is 1.75. The van der Waals surface area contributed by atoms with Crippen molar-refractivity contribution in [3.63, 3.8) is 0 Å². The molecule has 0 fully saturated rings. The number of aliphatic hydroxyl groups excluding tert-OH is 1. The van der Waals surface area contributed by atoms with Crippen LogP contribution in [0.5, 0.6) is 11.5 Å². The molecule has 0 bridgehead atoms. The molecule has 0 radical (unpaired) electrons. The average molecular weight is 300 g/mol.